The predicted molar refractivity (Wildman–Crippen MR) is 61.4 cm³/mol. The van der Waals surface area contributed by atoms with Gasteiger partial charge in [0.15, 0.2) is 9.84 Å². The van der Waals surface area contributed by atoms with Crippen molar-refractivity contribution in [2.75, 3.05) is 11.5 Å². The maximum absolute atomic E-state index is 11.4. The van der Waals surface area contributed by atoms with E-state index in [1.54, 1.807) is 0 Å². The van der Waals surface area contributed by atoms with Crippen LogP contribution in [0, 0.1) is 5.92 Å². The molecular formula is C11H21NO2S. The molecule has 88 valence electrons. The fraction of sp³-hybridized carbons (Fsp3) is 1.00. The van der Waals surface area contributed by atoms with E-state index in [2.05, 4.69) is 0 Å². The van der Waals surface area contributed by atoms with E-state index in [0.717, 1.165) is 38.5 Å². The van der Waals surface area contributed by atoms with Crippen molar-refractivity contribution < 1.29 is 8.42 Å². The third-order valence-corrected chi connectivity index (χ3v) is 5.85. The van der Waals surface area contributed by atoms with Crippen LogP contribution in [0.15, 0.2) is 0 Å². The summed E-state index contributed by atoms with van der Waals surface area (Å²) in [6.07, 6.45) is 7.47. The van der Waals surface area contributed by atoms with Crippen molar-refractivity contribution in [3.63, 3.8) is 0 Å². The van der Waals surface area contributed by atoms with E-state index >= 15 is 0 Å². The van der Waals surface area contributed by atoms with Gasteiger partial charge in [0.05, 0.1) is 11.5 Å². The van der Waals surface area contributed by atoms with Gasteiger partial charge in [-0.2, -0.15) is 0 Å². The van der Waals surface area contributed by atoms with E-state index in [1.165, 1.54) is 6.42 Å². The molecule has 2 aliphatic rings. The van der Waals surface area contributed by atoms with Crippen molar-refractivity contribution in [3.8, 4) is 0 Å². The van der Waals surface area contributed by atoms with Gasteiger partial charge >= 0.3 is 0 Å². The minimum absolute atomic E-state index is 0.0568. The molecule has 0 amide bonds. The van der Waals surface area contributed by atoms with Crippen LogP contribution in [-0.4, -0.2) is 25.5 Å². The highest BCUT2D eigenvalue weighted by molar-refractivity contribution is 7.91. The van der Waals surface area contributed by atoms with Crippen molar-refractivity contribution in [2.24, 2.45) is 11.7 Å². The molecule has 1 saturated carbocycles. The van der Waals surface area contributed by atoms with Gasteiger partial charge in [0.25, 0.3) is 0 Å². The van der Waals surface area contributed by atoms with E-state index in [4.69, 9.17) is 5.73 Å². The molecule has 4 heteroatoms. The summed E-state index contributed by atoms with van der Waals surface area (Å²) in [7, 11) is -2.73. The zero-order valence-electron chi connectivity index (χ0n) is 9.24. The fourth-order valence-corrected chi connectivity index (χ4v) is 4.54. The molecule has 0 aromatic rings. The molecule has 1 heterocycles. The zero-order valence-corrected chi connectivity index (χ0v) is 10.1. The molecule has 3 nitrogen and oxygen atoms in total. The highest BCUT2D eigenvalue weighted by Crippen LogP contribution is 2.35. The molecule has 1 aliphatic carbocycles. The molecule has 0 aromatic carbocycles. The first-order valence-electron chi connectivity index (χ1n) is 5.98. The second-order valence-electron chi connectivity index (χ2n) is 5.38. The van der Waals surface area contributed by atoms with Crippen molar-refractivity contribution in [1.82, 2.24) is 0 Å². The Morgan fingerprint density at radius 2 is 2.00 bits per heavy atom. The number of hydrogen-bond acceptors (Lipinski definition) is 3. The average molecular weight is 231 g/mol. The highest BCUT2D eigenvalue weighted by Gasteiger charge is 2.34. The summed E-state index contributed by atoms with van der Waals surface area (Å²) in [5.74, 6) is 1.19. The van der Waals surface area contributed by atoms with Crippen LogP contribution in [-0.2, 0) is 9.84 Å². The maximum Gasteiger partial charge on any atom is 0.150 e. The monoisotopic (exact) mass is 231 g/mol. The Kier molecular flexibility index (Phi) is 3.08. The Morgan fingerprint density at radius 3 is 2.53 bits per heavy atom. The Balaban J connectivity index is 1.79. The topological polar surface area (TPSA) is 60.2 Å². The van der Waals surface area contributed by atoms with Gasteiger partial charge in [-0.15, -0.1) is 0 Å². The lowest BCUT2D eigenvalue weighted by Crippen LogP contribution is -2.46. The normalized spacial score (nSPS) is 33.3. The van der Waals surface area contributed by atoms with E-state index in [1.807, 2.05) is 0 Å². The van der Waals surface area contributed by atoms with E-state index < -0.39 is 9.84 Å². The van der Waals surface area contributed by atoms with Gasteiger partial charge in [0.1, 0.15) is 0 Å². The van der Waals surface area contributed by atoms with Crippen LogP contribution in [0.1, 0.15) is 44.9 Å². The Bertz CT molecular complexity index is 319. The molecule has 0 bridgehead atoms. The fourth-order valence-electron chi connectivity index (χ4n) is 2.72. The SMILES string of the molecule is NC1(CCC2CCCS(=O)(=O)C2)CCC1. The molecule has 1 saturated heterocycles. The Hall–Kier alpha value is -0.0900. The lowest BCUT2D eigenvalue weighted by Gasteiger charge is -2.39. The summed E-state index contributed by atoms with van der Waals surface area (Å²) in [5.41, 5.74) is 6.19. The van der Waals surface area contributed by atoms with Gasteiger partial charge in [0, 0.05) is 5.54 Å². The number of sulfone groups is 1. The number of hydrogen-bond donors (Lipinski definition) is 1. The second kappa shape index (κ2) is 4.06. The molecule has 0 radical (unpaired) electrons. The van der Waals surface area contributed by atoms with E-state index in [0.29, 0.717) is 17.4 Å². The molecular weight excluding hydrogens is 210 g/mol. The van der Waals surface area contributed by atoms with E-state index in [-0.39, 0.29) is 5.54 Å². The number of nitrogens with two attached hydrogens (primary N) is 1. The van der Waals surface area contributed by atoms with Crippen LogP contribution >= 0.6 is 0 Å². The summed E-state index contributed by atoms with van der Waals surface area (Å²) >= 11 is 0. The lowest BCUT2D eigenvalue weighted by atomic mass is 9.73. The van der Waals surface area contributed by atoms with Gasteiger partial charge in [-0.3, -0.25) is 0 Å². The summed E-state index contributed by atoms with van der Waals surface area (Å²) < 4.78 is 22.9. The van der Waals surface area contributed by atoms with Gasteiger partial charge in [-0.25, -0.2) is 8.42 Å². The van der Waals surface area contributed by atoms with Crippen LogP contribution in [0.5, 0.6) is 0 Å². The summed E-state index contributed by atoms with van der Waals surface area (Å²) in [4.78, 5) is 0. The minimum atomic E-state index is -2.73. The predicted octanol–water partition coefficient (Wildman–Crippen LogP) is 1.47. The van der Waals surface area contributed by atoms with Crippen LogP contribution in [0.25, 0.3) is 0 Å². The zero-order chi connectivity index (χ0) is 10.9. The van der Waals surface area contributed by atoms with Crippen LogP contribution in [0.3, 0.4) is 0 Å². The molecule has 0 spiro atoms. The largest absolute Gasteiger partial charge is 0.325 e. The maximum atomic E-state index is 11.4. The molecule has 2 N–H and O–H groups in total. The second-order valence-corrected chi connectivity index (χ2v) is 7.61. The first-order chi connectivity index (χ1) is 6.99. The quantitative estimate of drug-likeness (QED) is 0.800. The first-order valence-corrected chi connectivity index (χ1v) is 7.81. The third kappa shape index (κ3) is 2.94. The molecule has 1 aliphatic heterocycles. The van der Waals surface area contributed by atoms with Crippen molar-refractivity contribution >= 4 is 9.84 Å². The van der Waals surface area contributed by atoms with Crippen molar-refractivity contribution in [1.29, 1.82) is 0 Å². The molecule has 0 aromatic heterocycles. The van der Waals surface area contributed by atoms with Crippen molar-refractivity contribution in [3.05, 3.63) is 0 Å². The minimum Gasteiger partial charge on any atom is -0.325 e. The molecule has 2 fully saturated rings. The standard InChI is InChI=1S/C11H21NO2S/c12-11(5-2-6-11)7-4-10-3-1-8-15(13,14)9-10/h10H,1-9,12H2. The molecule has 1 unspecified atom stereocenters. The summed E-state index contributed by atoms with van der Waals surface area (Å²) in [5, 5.41) is 0. The Labute approximate surface area is 92.3 Å². The summed E-state index contributed by atoms with van der Waals surface area (Å²) in [6.45, 7) is 0. The van der Waals surface area contributed by atoms with Gasteiger partial charge < -0.3 is 5.73 Å². The van der Waals surface area contributed by atoms with Gasteiger partial charge in [-0.1, -0.05) is 0 Å². The molecule has 1 atom stereocenters. The van der Waals surface area contributed by atoms with Crippen LogP contribution in [0.2, 0.25) is 0 Å². The molecule has 15 heavy (non-hydrogen) atoms. The van der Waals surface area contributed by atoms with Gasteiger partial charge in [0.2, 0.25) is 0 Å². The smallest absolute Gasteiger partial charge is 0.150 e. The Morgan fingerprint density at radius 1 is 1.27 bits per heavy atom. The average Bonchev–Trinajstić information content (AvgIpc) is 2.10. The van der Waals surface area contributed by atoms with Crippen LogP contribution < -0.4 is 5.73 Å². The van der Waals surface area contributed by atoms with Gasteiger partial charge in [-0.05, 0) is 50.9 Å². The van der Waals surface area contributed by atoms with Crippen LogP contribution in [0.4, 0.5) is 0 Å². The summed E-state index contributed by atoms with van der Waals surface area (Å²) in [6, 6.07) is 0. The van der Waals surface area contributed by atoms with Crippen molar-refractivity contribution in [2.45, 2.75) is 50.5 Å². The highest BCUT2D eigenvalue weighted by atomic mass is 32.2. The third-order valence-electron chi connectivity index (χ3n) is 3.96. The van der Waals surface area contributed by atoms with E-state index in [9.17, 15) is 8.42 Å². The lowest BCUT2D eigenvalue weighted by molar-refractivity contribution is 0.213. The first kappa shape index (κ1) is 11.4. The number of rotatable bonds is 3. The molecule has 2 rings (SSSR count).